The molecule has 0 radical (unpaired) electrons. The lowest BCUT2D eigenvalue weighted by atomic mass is 9.96. The third kappa shape index (κ3) is 3.50. The lowest BCUT2D eigenvalue weighted by Crippen LogP contribution is -2.33. The van der Waals surface area contributed by atoms with Gasteiger partial charge in [-0.3, -0.25) is 0 Å². The van der Waals surface area contributed by atoms with Crippen LogP contribution < -0.4 is 5.73 Å². The summed E-state index contributed by atoms with van der Waals surface area (Å²) < 4.78 is 24.1. The number of nitrogens with two attached hydrogens (primary N) is 1. The summed E-state index contributed by atoms with van der Waals surface area (Å²) in [5.74, 6) is 1.08. The van der Waals surface area contributed by atoms with E-state index in [9.17, 15) is 8.78 Å². The Balaban J connectivity index is 2.28. The van der Waals surface area contributed by atoms with Crippen molar-refractivity contribution in [2.24, 2.45) is 17.6 Å². The summed E-state index contributed by atoms with van der Waals surface area (Å²) in [5, 5.41) is 0. The Bertz CT molecular complexity index is 164. The molecule has 1 rings (SSSR count). The first-order valence-electron chi connectivity index (χ1n) is 5.30. The van der Waals surface area contributed by atoms with Crippen molar-refractivity contribution >= 4 is 0 Å². The van der Waals surface area contributed by atoms with Gasteiger partial charge in [-0.2, -0.15) is 0 Å². The van der Waals surface area contributed by atoms with E-state index in [1.807, 2.05) is 0 Å². The molecule has 1 saturated carbocycles. The predicted octanol–water partition coefficient (Wildman–Crippen LogP) is 1.56. The number of hydrogen-bond donors (Lipinski definition) is 1. The highest BCUT2D eigenvalue weighted by atomic mass is 19.3. The summed E-state index contributed by atoms with van der Waals surface area (Å²) in [4.78, 5) is 1.73. The Morgan fingerprint density at radius 1 is 1.36 bits per heavy atom. The van der Waals surface area contributed by atoms with Crippen LogP contribution in [0.1, 0.15) is 19.3 Å². The molecule has 4 heteroatoms. The van der Waals surface area contributed by atoms with Gasteiger partial charge in [0.15, 0.2) is 0 Å². The van der Waals surface area contributed by atoms with Crippen LogP contribution in [-0.2, 0) is 0 Å². The Hall–Kier alpha value is -0.220. The molecule has 1 fully saturated rings. The van der Waals surface area contributed by atoms with Gasteiger partial charge in [-0.1, -0.05) is 6.42 Å². The van der Waals surface area contributed by atoms with Crippen LogP contribution in [0, 0.1) is 11.8 Å². The van der Waals surface area contributed by atoms with Crippen LogP contribution in [0.25, 0.3) is 0 Å². The van der Waals surface area contributed by atoms with Crippen molar-refractivity contribution in [1.29, 1.82) is 0 Å². The molecule has 0 spiro atoms. The van der Waals surface area contributed by atoms with Crippen molar-refractivity contribution < 1.29 is 8.78 Å². The van der Waals surface area contributed by atoms with Gasteiger partial charge in [-0.15, -0.1) is 0 Å². The minimum atomic E-state index is -2.22. The average molecular weight is 206 g/mol. The highest BCUT2D eigenvalue weighted by Gasteiger charge is 2.27. The standard InChI is InChI=1S/C10H20F2N2/c1-14(7-10(11)12)6-9-4-2-3-8(9)5-13/h8-10H,2-7,13H2,1H3. The lowest BCUT2D eigenvalue weighted by Gasteiger charge is -2.24. The van der Waals surface area contributed by atoms with E-state index in [0.29, 0.717) is 18.4 Å². The first-order valence-corrected chi connectivity index (χ1v) is 5.30. The highest BCUT2D eigenvalue weighted by Crippen LogP contribution is 2.31. The zero-order valence-electron chi connectivity index (χ0n) is 8.76. The first kappa shape index (κ1) is 11.9. The molecule has 0 bridgehead atoms. The largest absolute Gasteiger partial charge is 0.330 e. The second-order valence-electron chi connectivity index (χ2n) is 4.30. The van der Waals surface area contributed by atoms with E-state index in [1.165, 1.54) is 12.8 Å². The fraction of sp³-hybridized carbons (Fsp3) is 1.00. The van der Waals surface area contributed by atoms with E-state index in [1.54, 1.807) is 11.9 Å². The van der Waals surface area contributed by atoms with Crippen molar-refractivity contribution in [2.45, 2.75) is 25.7 Å². The van der Waals surface area contributed by atoms with Gasteiger partial charge in [0.25, 0.3) is 6.43 Å². The van der Waals surface area contributed by atoms with E-state index < -0.39 is 6.43 Å². The average Bonchev–Trinajstić information content (AvgIpc) is 2.50. The van der Waals surface area contributed by atoms with Crippen molar-refractivity contribution in [1.82, 2.24) is 4.90 Å². The lowest BCUT2D eigenvalue weighted by molar-refractivity contribution is 0.0899. The minimum Gasteiger partial charge on any atom is -0.330 e. The van der Waals surface area contributed by atoms with Gasteiger partial charge < -0.3 is 10.6 Å². The molecule has 0 aliphatic heterocycles. The number of halogens is 2. The van der Waals surface area contributed by atoms with Gasteiger partial charge in [0, 0.05) is 6.54 Å². The summed E-state index contributed by atoms with van der Waals surface area (Å²) in [5.41, 5.74) is 5.63. The molecular formula is C10H20F2N2. The molecule has 14 heavy (non-hydrogen) atoms. The quantitative estimate of drug-likeness (QED) is 0.739. The third-order valence-electron chi connectivity index (χ3n) is 3.12. The molecule has 2 N–H and O–H groups in total. The van der Waals surface area contributed by atoms with Gasteiger partial charge in [0.1, 0.15) is 0 Å². The predicted molar refractivity (Wildman–Crippen MR) is 53.4 cm³/mol. The molecule has 0 heterocycles. The molecule has 0 aromatic carbocycles. The van der Waals surface area contributed by atoms with Crippen LogP contribution >= 0.6 is 0 Å². The van der Waals surface area contributed by atoms with Crippen molar-refractivity contribution in [2.75, 3.05) is 26.7 Å². The van der Waals surface area contributed by atoms with Gasteiger partial charge in [-0.25, -0.2) is 8.78 Å². The molecule has 2 unspecified atom stereocenters. The van der Waals surface area contributed by atoms with Crippen molar-refractivity contribution in [3.05, 3.63) is 0 Å². The molecule has 1 aliphatic carbocycles. The highest BCUT2D eigenvalue weighted by molar-refractivity contribution is 4.80. The second-order valence-corrected chi connectivity index (χ2v) is 4.30. The summed E-state index contributed by atoms with van der Waals surface area (Å²) in [6, 6.07) is 0. The van der Waals surface area contributed by atoms with Gasteiger partial charge in [0.05, 0.1) is 6.54 Å². The normalized spacial score (nSPS) is 27.9. The molecule has 0 amide bonds. The Kier molecular flexibility index (Phi) is 4.75. The molecule has 2 atom stereocenters. The molecular weight excluding hydrogens is 186 g/mol. The SMILES string of the molecule is CN(CC(F)F)CC1CCCC1CN. The molecule has 0 aromatic heterocycles. The third-order valence-corrected chi connectivity index (χ3v) is 3.12. The second kappa shape index (κ2) is 5.61. The summed E-state index contributed by atoms with van der Waals surface area (Å²) in [6.45, 7) is 1.35. The Labute approximate surface area is 84.4 Å². The van der Waals surface area contributed by atoms with Gasteiger partial charge >= 0.3 is 0 Å². The summed E-state index contributed by atoms with van der Waals surface area (Å²) in [6.07, 6.45) is 1.30. The van der Waals surface area contributed by atoms with Gasteiger partial charge in [-0.05, 0) is 38.3 Å². The van der Waals surface area contributed by atoms with Crippen molar-refractivity contribution in [3.8, 4) is 0 Å². The molecule has 1 aliphatic rings. The molecule has 2 nitrogen and oxygen atoms in total. The maximum absolute atomic E-state index is 12.1. The van der Waals surface area contributed by atoms with Gasteiger partial charge in [0.2, 0.25) is 0 Å². The van der Waals surface area contributed by atoms with Crippen LogP contribution in [0.5, 0.6) is 0 Å². The minimum absolute atomic E-state index is 0.117. The monoisotopic (exact) mass is 206 g/mol. The van der Waals surface area contributed by atoms with Crippen LogP contribution in [-0.4, -0.2) is 38.0 Å². The van der Waals surface area contributed by atoms with E-state index in [4.69, 9.17) is 5.73 Å². The van der Waals surface area contributed by atoms with E-state index >= 15 is 0 Å². The molecule has 0 aromatic rings. The smallest absolute Gasteiger partial charge is 0.251 e. The molecule has 0 saturated heterocycles. The Morgan fingerprint density at radius 2 is 2.00 bits per heavy atom. The van der Waals surface area contributed by atoms with Crippen LogP contribution in [0.4, 0.5) is 8.78 Å². The number of rotatable bonds is 5. The number of nitrogens with zero attached hydrogens (tertiary/aromatic N) is 1. The number of hydrogen-bond acceptors (Lipinski definition) is 2. The van der Waals surface area contributed by atoms with Crippen LogP contribution in [0.2, 0.25) is 0 Å². The first-order chi connectivity index (χ1) is 6.63. The maximum Gasteiger partial charge on any atom is 0.251 e. The maximum atomic E-state index is 12.1. The van der Waals surface area contributed by atoms with E-state index in [0.717, 1.165) is 13.0 Å². The van der Waals surface area contributed by atoms with Crippen molar-refractivity contribution in [3.63, 3.8) is 0 Å². The fourth-order valence-electron chi connectivity index (χ4n) is 2.37. The van der Waals surface area contributed by atoms with Crippen LogP contribution in [0.3, 0.4) is 0 Å². The van der Waals surface area contributed by atoms with E-state index in [2.05, 4.69) is 0 Å². The Morgan fingerprint density at radius 3 is 2.57 bits per heavy atom. The summed E-state index contributed by atoms with van der Waals surface area (Å²) in [7, 11) is 1.76. The summed E-state index contributed by atoms with van der Waals surface area (Å²) >= 11 is 0. The number of alkyl halides is 2. The molecule has 84 valence electrons. The topological polar surface area (TPSA) is 29.3 Å². The fourth-order valence-corrected chi connectivity index (χ4v) is 2.37. The van der Waals surface area contributed by atoms with Crippen LogP contribution in [0.15, 0.2) is 0 Å². The zero-order valence-corrected chi connectivity index (χ0v) is 8.76. The zero-order chi connectivity index (χ0) is 10.6. The van der Waals surface area contributed by atoms with E-state index in [-0.39, 0.29) is 6.54 Å².